The lowest BCUT2D eigenvalue weighted by Crippen LogP contribution is -1.72. The van der Waals surface area contributed by atoms with Gasteiger partial charge in [-0.15, -0.1) is 11.3 Å². The second-order valence-corrected chi connectivity index (χ2v) is 4.86. The number of hydrogen-bond donors (Lipinski definition) is 0. The van der Waals surface area contributed by atoms with Gasteiger partial charge in [0.2, 0.25) is 0 Å². The summed E-state index contributed by atoms with van der Waals surface area (Å²) in [6.07, 6.45) is 1.92. The van der Waals surface area contributed by atoms with Gasteiger partial charge in [-0.2, -0.15) is 0 Å². The highest BCUT2D eigenvalue weighted by Gasteiger charge is 1.92. The molecule has 0 amide bonds. The zero-order chi connectivity index (χ0) is 10.7. The van der Waals surface area contributed by atoms with Crippen LogP contribution < -0.4 is 0 Å². The van der Waals surface area contributed by atoms with Crippen LogP contribution in [0.25, 0.3) is 0 Å². The van der Waals surface area contributed by atoms with Crippen molar-refractivity contribution >= 4 is 23.2 Å². The average Bonchev–Trinajstić information content (AvgIpc) is 2.64. The van der Waals surface area contributed by atoms with Crippen molar-refractivity contribution in [3.05, 3.63) is 51.7 Å². The normalized spacial score (nSPS) is 11.1. The Hall–Kier alpha value is -1.41. The van der Waals surface area contributed by atoms with E-state index in [9.17, 15) is 0 Å². The molecule has 2 heteroatoms. The lowest BCUT2D eigenvalue weighted by molar-refractivity contribution is 1.44. The average molecular weight is 215 g/mol. The molecule has 0 unspecified atom stereocenters. The van der Waals surface area contributed by atoms with Crippen molar-refractivity contribution in [3.8, 4) is 0 Å². The van der Waals surface area contributed by atoms with Gasteiger partial charge < -0.3 is 0 Å². The molecule has 0 atom stereocenters. The minimum atomic E-state index is 1.01. The first-order valence-corrected chi connectivity index (χ1v) is 5.73. The fraction of sp³-hybridized carbons (Fsp3) is 0.154. The van der Waals surface area contributed by atoms with Crippen LogP contribution in [0.5, 0.6) is 0 Å². The van der Waals surface area contributed by atoms with Gasteiger partial charge in [-0.1, -0.05) is 17.7 Å². The smallest absolute Gasteiger partial charge is 0.0630 e. The van der Waals surface area contributed by atoms with E-state index in [1.54, 1.807) is 11.3 Å². The monoisotopic (exact) mass is 215 g/mol. The van der Waals surface area contributed by atoms with Crippen molar-refractivity contribution in [3.63, 3.8) is 0 Å². The van der Waals surface area contributed by atoms with Crippen molar-refractivity contribution in [1.29, 1.82) is 0 Å². The Kier molecular flexibility index (Phi) is 2.97. The van der Waals surface area contributed by atoms with Crippen LogP contribution in [-0.2, 0) is 0 Å². The third-order valence-corrected chi connectivity index (χ3v) is 3.07. The first-order valence-electron chi connectivity index (χ1n) is 4.91. The molecular formula is C13H13NS. The molecule has 1 aromatic heterocycles. The highest BCUT2D eigenvalue weighted by Crippen LogP contribution is 2.16. The summed E-state index contributed by atoms with van der Waals surface area (Å²) >= 11 is 1.76. The third-order valence-electron chi connectivity index (χ3n) is 2.14. The minimum Gasteiger partial charge on any atom is -0.255 e. The Balaban J connectivity index is 2.14. The highest BCUT2D eigenvalue weighted by atomic mass is 32.1. The van der Waals surface area contributed by atoms with E-state index in [1.807, 2.05) is 18.3 Å². The number of aryl methyl sites for hydroxylation is 2. The maximum absolute atomic E-state index is 4.42. The van der Waals surface area contributed by atoms with Crippen LogP contribution in [0.4, 0.5) is 5.69 Å². The van der Waals surface area contributed by atoms with Crippen LogP contribution in [-0.4, -0.2) is 6.21 Å². The molecule has 0 spiro atoms. The highest BCUT2D eigenvalue weighted by molar-refractivity contribution is 7.13. The maximum atomic E-state index is 4.42. The molecule has 0 saturated carbocycles. The van der Waals surface area contributed by atoms with Crippen molar-refractivity contribution < 1.29 is 0 Å². The molecule has 0 aliphatic carbocycles. The lowest BCUT2D eigenvalue weighted by atomic mass is 10.2. The number of benzene rings is 1. The predicted molar refractivity (Wildman–Crippen MR) is 67.5 cm³/mol. The molecule has 76 valence electrons. The standard InChI is InChI=1S/C13H13NS/c1-10-3-6-12(7-4-10)14-9-13-8-5-11(2)15-13/h3-9H,1-2H3/b14-9+. The van der Waals surface area contributed by atoms with Gasteiger partial charge in [0.15, 0.2) is 0 Å². The van der Waals surface area contributed by atoms with E-state index in [2.05, 4.69) is 43.1 Å². The van der Waals surface area contributed by atoms with Gasteiger partial charge in [0.1, 0.15) is 0 Å². The summed E-state index contributed by atoms with van der Waals surface area (Å²) in [6, 6.07) is 12.4. The number of rotatable bonds is 2. The Labute approximate surface area is 94.1 Å². The van der Waals surface area contributed by atoms with Crippen LogP contribution >= 0.6 is 11.3 Å². The molecule has 2 rings (SSSR count). The predicted octanol–water partition coefficient (Wildman–Crippen LogP) is 4.12. The van der Waals surface area contributed by atoms with Crippen molar-refractivity contribution in [1.82, 2.24) is 0 Å². The van der Waals surface area contributed by atoms with Gasteiger partial charge in [0.25, 0.3) is 0 Å². The Morgan fingerprint density at radius 1 is 1.00 bits per heavy atom. The zero-order valence-corrected chi connectivity index (χ0v) is 9.71. The summed E-state index contributed by atoms with van der Waals surface area (Å²) in [5.41, 5.74) is 2.27. The molecule has 1 nitrogen and oxygen atoms in total. The number of aliphatic imine (C=N–C) groups is 1. The fourth-order valence-electron chi connectivity index (χ4n) is 1.29. The van der Waals surface area contributed by atoms with Crippen LogP contribution in [0.1, 0.15) is 15.3 Å². The second-order valence-electron chi connectivity index (χ2n) is 3.54. The topological polar surface area (TPSA) is 12.4 Å². The maximum Gasteiger partial charge on any atom is 0.0630 e. The molecule has 0 saturated heterocycles. The summed E-state index contributed by atoms with van der Waals surface area (Å²) in [6.45, 7) is 4.18. The molecular weight excluding hydrogens is 202 g/mol. The summed E-state index contributed by atoms with van der Waals surface area (Å²) in [5, 5.41) is 0. The first-order chi connectivity index (χ1) is 7.24. The van der Waals surface area contributed by atoms with Gasteiger partial charge in [0.05, 0.1) is 5.69 Å². The van der Waals surface area contributed by atoms with E-state index >= 15 is 0 Å². The Morgan fingerprint density at radius 3 is 2.33 bits per heavy atom. The SMILES string of the molecule is Cc1ccc(/N=C/c2ccc(C)s2)cc1. The molecule has 2 aromatic rings. The molecule has 0 aliphatic rings. The van der Waals surface area contributed by atoms with Gasteiger partial charge in [-0.3, -0.25) is 4.99 Å². The third kappa shape index (κ3) is 2.77. The minimum absolute atomic E-state index is 1.01. The first kappa shape index (κ1) is 10.1. The fourth-order valence-corrected chi connectivity index (χ4v) is 2.04. The zero-order valence-electron chi connectivity index (χ0n) is 8.90. The molecule has 1 aromatic carbocycles. The second kappa shape index (κ2) is 4.41. The van der Waals surface area contributed by atoms with E-state index in [0.717, 1.165) is 5.69 Å². The van der Waals surface area contributed by atoms with E-state index in [4.69, 9.17) is 0 Å². The Morgan fingerprint density at radius 2 is 1.73 bits per heavy atom. The number of hydrogen-bond acceptors (Lipinski definition) is 2. The van der Waals surface area contributed by atoms with Gasteiger partial charge in [0, 0.05) is 16.0 Å². The molecule has 15 heavy (non-hydrogen) atoms. The van der Waals surface area contributed by atoms with E-state index in [0.29, 0.717) is 0 Å². The Bertz CT molecular complexity index is 466. The molecule has 0 N–H and O–H groups in total. The number of nitrogens with zero attached hydrogens (tertiary/aromatic N) is 1. The summed E-state index contributed by atoms with van der Waals surface area (Å²) in [5.74, 6) is 0. The molecule has 1 heterocycles. The number of thiophene rings is 1. The van der Waals surface area contributed by atoms with Crippen molar-refractivity contribution in [2.45, 2.75) is 13.8 Å². The van der Waals surface area contributed by atoms with E-state index in [-0.39, 0.29) is 0 Å². The van der Waals surface area contributed by atoms with Crippen LogP contribution in [0.2, 0.25) is 0 Å². The van der Waals surface area contributed by atoms with Gasteiger partial charge in [-0.25, -0.2) is 0 Å². The molecule has 0 radical (unpaired) electrons. The van der Waals surface area contributed by atoms with Gasteiger partial charge in [-0.05, 0) is 38.1 Å². The summed E-state index contributed by atoms with van der Waals surface area (Å²) < 4.78 is 0. The summed E-state index contributed by atoms with van der Waals surface area (Å²) in [4.78, 5) is 6.94. The van der Waals surface area contributed by atoms with E-state index < -0.39 is 0 Å². The molecule has 0 fully saturated rings. The van der Waals surface area contributed by atoms with E-state index in [1.165, 1.54) is 15.3 Å². The van der Waals surface area contributed by atoms with Crippen molar-refractivity contribution in [2.75, 3.05) is 0 Å². The lowest BCUT2D eigenvalue weighted by Gasteiger charge is -1.93. The van der Waals surface area contributed by atoms with Crippen LogP contribution in [0, 0.1) is 13.8 Å². The van der Waals surface area contributed by atoms with Crippen LogP contribution in [0.15, 0.2) is 41.4 Å². The van der Waals surface area contributed by atoms with Crippen LogP contribution in [0.3, 0.4) is 0 Å². The van der Waals surface area contributed by atoms with Gasteiger partial charge >= 0.3 is 0 Å². The molecule has 0 bridgehead atoms. The largest absolute Gasteiger partial charge is 0.255 e. The van der Waals surface area contributed by atoms with Crippen molar-refractivity contribution in [2.24, 2.45) is 4.99 Å². The summed E-state index contributed by atoms with van der Waals surface area (Å²) in [7, 11) is 0. The molecule has 0 aliphatic heterocycles. The quantitative estimate of drug-likeness (QED) is 0.668.